The van der Waals surface area contributed by atoms with E-state index in [-0.39, 0.29) is 20.1 Å². The average molecular weight is 826 g/mol. The van der Waals surface area contributed by atoms with Gasteiger partial charge in [-0.3, -0.25) is 15.0 Å². The number of hydrogen-bond acceptors (Lipinski definition) is 7. The van der Waals surface area contributed by atoms with Crippen molar-refractivity contribution < 1.29 is 39.2 Å². The van der Waals surface area contributed by atoms with E-state index in [1.165, 1.54) is 0 Å². The zero-order valence-corrected chi connectivity index (χ0v) is 29.6. The van der Waals surface area contributed by atoms with Crippen LogP contribution in [0, 0.1) is 0 Å². The van der Waals surface area contributed by atoms with Gasteiger partial charge in [-0.1, -0.05) is 61.7 Å². The summed E-state index contributed by atoms with van der Waals surface area (Å²) >= 11 is 0. The summed E-state index contributed by atoms with van der Waals surface area (Å²) in [6.45, 7) is 10.3. The monoisotopic (exact) mass is 826 g/mol. The van der Waals surface area contributed by atoms with Crippen molar-refractivity contribution in [3.8, 4) is 45.3 Å². The first-order chi connectivity index (χ1) is 23.3. The Morgan fingerprint density at radius 3 is 1.04 bits per heavy atom. The Balaban J connectivity index is 0.000000201. The fourth-order valence-electron chi connectivity index (χ4n) is 3.99. The SMILES string of the molecule is C=C(C)C(=O)Oc1ccc(-c2ccccn2)cc1.C=C(C)C(=O)Oc1ccc(-c2ccccn2)cc1.[Ir+3].c1ccc(-c2ccccn2)cc1. The molecule has 7 nitrogen and oxygen atoms in total. The molecule has 3 aromatic carbocycles. The molecule has 0 fully saturated rings. The number of ether oxygens (including phenoxy) is 2. The van der Waals surface area contributed by atoms with E-state index in [9.17, 15) is 9.59 Å². The Morgan fingerprint density at radius 1 is 0.449 bits per heavy atom. The van der Waals surface area contributed by atoms with Gasteiger partial charge in [0, 0.05) is 46.4 Å². The molecule has 0 N–H and O–H groups in total. The molecule has 0 bridgehead atoms. The number of benzene rings is 3. The van der Waals surface area contributed by atoms with Gasteiger partial charge in [0.15, 0.2) is 0 Å². The van der Waals surface area contributed by atoms with E-state index in [1.54, 1.807) is 50.5 Å². The van der Waals surface area contributed by atoms with Crippen molar-refractivity contribution in [2.45, 2.75) is 13.8 Å². The van der Waals surface area contributed by atoms with E-state index in [4.69, 9.17) is 9.47 Å². The number of aromatic nitrogens is 3. The number of esters is 2. The fourth-order valence-corrected chi connectivity index (χ4v) is 3.99. The van der Waals surface area contributed by atoms with Crippen LogP contribution in [0.4, 0.5) is 0 Å². The van der Waals surface area contributed by atoms with Crippen LogP contribution >= 0.6 is 0 Å². The van der Waals surface area contributed by atoms with Crippen molar-refractivity contribution in [1.82, 2.24) is 15.0 Å². The van der Waals surface area contributed by atoms with Crippen LogP contribution in [0.5, 0.6) is 11.5 Å². The topological polar surface area (TPSA) is 91.3 Å². The van der Waals surface area contributed by atoms with Gasteiger partial charge in [-0.05, 0) is 98.8 Å². The molecule has 0 aliphatic rings. The second-order valence-corrected chi connectivity index (χ2v) is 10.4. The number of carbonyl (C=O) groups is 2. The van der Waals surface area contributed by atoms with Crippen molar-refractivity contribution in [2.24, 2.45) is 0 Å². The first kappa shape index (κ1) is 37.6. The zero-order valence-electron chi connectivity index (χ0n) is 27.2. The van der Waals surface area contributed by atoms with Gasteiger partial charge in [0.25, 0.3) is 0 Å². The average Bonchev–Trinajstić information content (AvgIpc) is 3.14. The quantitative estimate of drug-likeness (QED) is 0.0901. The van der Waals surface area contributed by atoms with Gasteiger partial charge in [-0.2, -0.15) is 0 Å². The van der Waals surface area contributed by atoms with Crippen LogP contribution in [-0.2, 0) is 29.7 Å². The molecule has 0 saturated carbocycles. The van der Waals surface area contributed by atoms with Gasteiger partial charge in [0.2, 0.25) is 0 Å². The third-order valence-corrected chi connectivity index (χ3v) is 6.48. The standard InChI is InChI=1S/2C15H13NO2.C11H9N.Ir/c2*1-11(2)15(17)18-13-8-6-12(7-9-13)14-5-3-4-10-16-14;1-2-6-10(7-3-1)11-8-4-5-9-12-11;/h2*3-10H,1H2,2H3;1-9H;/q;;;+3. The number of pyridine rings is 3. The van der Waals surface area contributed by atoms with E-state index in [2.05, 4.69) is 40.2 Å². The first-order valence-electron chi connectivity index (χ1n) is 15.0. The second-order valence-electron chi connectivity index (χ2n) is 10.4. The van der Waals surface area contributed by atoms with Crippen molar-refractivity contribution in [1.29, 1.82) is 0 Å². The Bertz CT molecular complexity index is 1770. The minimum absolute atomic E-state index is 0. The van der Waals surface area contributed by atoms with Crippen molar-refractivity contribution in [3.05, 3.63) is 176 Å². The van der Waals surface area contributed by atoms with Crippen molar-refractivity contribution in [3.63, 3.8) is 0 Å². The molecule has 0 spiro atoms. The van der Waals surface area contributed by atoms with Gasteiger partial charge in [-0.25, -0.2) is 9.59 Å². The molecule has 3 heterocycles. The first-order valence-corrected chi connectivity index (χ1v) is 15.0. The summed E-state index contributed by atoms with van der Waals surface area (Å²) in [6, 6.07) is 41.9. The summed E-state index contributed by atoms with van der Waals surface area (Å²) in [5.74, 6) is 0.173. The van der Waals surface area contributed by atoms with Gasteiger partial charge in [0.1, 0.15) is 11.5 Å². The Kier molecular flexibility index (Phi) is 15.2. The van der Waals surface area contributed by atoms with Gasteiger partial charge < -0.3 is 9.47 Å². The van der Waals surface area contributed by atoms with Crippen molar-refractivity contribution in [2.75, 3.05) is 0 Å². The molecule has 8 heteroatoms. The maximum atomic E-state index is 11.3. The van der Waals surface area contributed by atoms with Gasteiger partial charge in [0.05, 0.1) is 17.1 Å². The van der Waals surface area contributed by atoms with Crippen LogP contribution in [0.1, 0.15) is 13.8 Å². The Labute approximate surface area is 300 Å². The molecule has 49 heavy (non-hydrogen) atoms. The second kappa shape index (κ2) is 19.7. The van der Waals surface area contributed by atoms with E-state index in [0.717, 1.165) is 33.8 Å². The molecule has 0 aliphatic carbocycles. The molecule has 244 valence electrons. The Morgan fingerprint density at radius 2 is 0.755 bits per heavy atom. The molecule has 3 aromatic heterocycles. The molecule has 6 rings (SSSR count). The smallest absolute Gasteiger partial charge is 0.423 e. The third kappa shape index (κ3) is 12.4. The maximum absolute atomic E-state index is 11.3. The number of carbonyl (C=O) groups excluding carboxylic acids is 2. The van der Waals surface area contributed by atoms with Crippen LogP contribution in [0.25, 0.3) is 33.8 Å². The summed E-state index contributed by atoms with van der Waals surface area (Å²) in [5.41, 5.74) is 6.67. The molecule has 0 aliphatic heterocycles. The predicted octanol–water partition coefficient (Wildman–Crippen LogP) is 9.21. The summed E-state index contributed by atoms with van der Waals surface area (Å²) in [4.78, 5) is 35.4. The molecule has 0 radical (unpaired) electrons. The molecular weight excluding hydrogens is 791 g/mol. The summed E-state index contributed by atoms with van der Waals surface area (Å²) < 4.78 is 10.2. The van der Waals surface area contributed by atoms with E-state index in [0.29, 0.717) is 22.6 Å². The number of nitrogens with zero attached hydrogens (tertiary/aromatic N) is 3. The normalized spacial score (nSPS) is 9.59. The summed E-state index contributed by atoms with van der Waals surface area (Å²) in [5, 5.41) is 0. The van der Waals surface area contributed by atoms with E-state index in [1.807, 2.05) is 103 Å². The van der Waals surface area contributed by atoms with E-state index >= 15 is 0 Å². The summed E-state index contributed by atoms with van der Waals surface area (Å²) in [6.07, 6.45) is 5.29. The molecule has 6 aromatic rings. The molecule has 0 saturated heterocycles. The van der Waals surface area contributed by atoms with Crippen LogP contribution in [0.3, 0.4) is 0 Å². The molecular formula is C41H35IrN3O4+3. The third-order valence-electron chi connectivity index (χ3n) is 6.48. The van der Waals surface area contributed by atoms with Crippen LogP contribution < -0.4 is 9.47 Å². The molecule has 0 unspecified atom stereocenters. The Hall–Kier alpha value is -5.82. The predicted molar refractivity (Wildman–Crippen MR) is 190 cm³/mol. The molecule has 0 amide bonds. The molecule has 0 atom stereocenters. The maximum Gasteiger partial charge on any atom is 3.00 e. The van der Waals surface area contributed by atoms with Crippen LogP contribution in [-0.4, -0.2) is 26.9 Å². The fraction of sp³-hybridized carbons (Fsp3) is 0.0488. The van der Waals surface area contributed by atoms with Gasteiger partial charge in [-0.15, -0.1) is 0 Å². The minimum Gasteiger partial charge on any atom is -0.423 e. The van der Waals surface area contributed by atoms with Gasteiger partial charge >= 0.3 is 32.0 Å². The number of rotatable bonds is 7. The summed E-state index contributed by atoms with van der Waals surface area (Å²) in [7, 11) is 0. The number of hydrogen-bond donors (Lipinski definition) is 0. The minimum atomic E-state index is -0.416. The van der Waals surface area contributed by atoms with Crippen molar-refractivity contribution >= 4 is 11.9 Å². The zero-order chi connectivity index (χ0) is 34.1. The van der Waals surface area contributed by atoms with E-state index < -0.39 is 11.9 Å². The van der Waals surface area contributed by atoms with Crippen LogP contribution in [0.15, 0.2) is 176 Å². The largest absolute Gasteiger partial charge is 3.00 e. The van der Waals surface area contributed by atoms with Crippen LogP contribution in [0.2, 0.25) is 0 Å².